The van der Waals surface area contributed by atoms with Crippen LogP contribution in [0.5, 0.6) is 0 Å². The summed E-state index contributed by atoms with van der Waals surface area (Å²) >= 11 is 0. The maximum absolute atomic E-state index is 8.77. The molecule has 5 unspecified atom stereocenters. The third-order valence-electron chi connectivity index (χ3n) is 3.27. The van der Waals surface area contributed by atoms with Crippen LogP contribution in [0.25, 0.3) is 0 Å². The molecule has 0 radical (unpaired) electrons. The Bertz CT molecular complexity index is 227. The van der Waals surface area contributed by atoms with Crippen LogP contribution >= 0.6 is 0 Å². The molecule has 2 rings (SSSR count). The Balaban J connectivity index is 1.60. The van der Waals surface area contributed by atoms with Gasteiger partial charge in [0.2, 0.25) is 0 Å². The Morgan fingerprint density at radius 2 is 2.31 bits per heavy atom. The van der Waals surface area contributed by atoms with Crippen molar-refractivity contribution in [1.82, 2.24) is 5.32 Å². The fourth-order valence-corrected chi connectivity index (χ4v) is 2.26. The SMILES string of the molecule is CC(NC1CCC2OC2C1)OCC(N)CO. The van der Waals surface area contributed by atoms with E-state index in [0.717, 1.165) is 19.3 Å². The van der Waals surface area contributed by atoms with Gasteiger partial charge in [0.1, 0.15) is 6.23 Å². The van der Waals surface area contributed by atoms with Crippen LogP contribution in [0.15, 0.2) is 0 Å². The number of hydrogen-bond donors (Lipinski definition) is 3. The molecule has 0 spiro atoms. The Morgan fingerprint density at radius 1 is 1.50 bits per heavy atom. The van der Waals surface area contributed by atoms with Crippen LogP contribution in [0.2, 0.25) is 0 Å². The highest BCUT2D eigenvalue weighted by atomic mass is 16.6. The maximum Gasteiger partial charge on any atom is 0.105 e. The van der Waals surface area contributed by atoms with Gasteiger partial charge in [-0.05, 0) is 26.2 Å². The third kappa shape index (κ3) is 3.40. The van der Waals surface area contributed by atoms with Crippen molar-refractivity contribution in [3.05, 3.63) is 0 Å². The standard InChI is InChI=1S/C11H22N2O3/c1-7(15-6-8(12)5-14)13-9-2-3-10-11(4-9)16-10/h7-11,13-14H,2-6,12H2,1H3. The number of nitrogens with two attached hydrogens (primary N) is 1. The molecule has 1 saturated heterocycles. The van der Waals surface area contributed by atoms with Gasteiger partial charge in [0.25, 0.3) is 0 Å². The van der Waals surface area contributed by atoms with Gasteiger partial charge in [-0.15, -0.1) is 0 Å². The smallest absolute Gasteiger partial charge is 0.105 e. The van der Waals surface area contributed by atoms with E-state index in [4.69, 9.17) is 20.3 Å². The zero-order chi connectivity index (χ0) is 11.5. The molecule has 0 aromatic heterocycles. The van der Waals surface area contributed by atoms with Gasteiger partial charge >= 0.3 is 0 Å². The van der Waals surface area contributed by atoms with Crippen molar-refractivity contribution in [2.45, 2.75) is 56.7 Å². The molecule has 0 amide bonds. The third-order valence-corrected chi connectivity index (χ3v) is 3.27. The summed E-state index contributed by atoms with van der Waals surface area (Å²) in [5.41, 5.74) is 5.56. The van der Waals surface area contributed by atoms with Crippen LogP contribution in [-0.2, 0) is 9.47 Å². The first kappa shape index (κ1) is 12.3. The van der Waals surface area contributed by atoms with Crippen molar-refractivity contribution in [3.63, 3.8) is 0 Å². The van der Waals surface area contributed by atoms with Gasteiger partial charge in [-0.25, -0.2) is 0 Å². The van der Waals surface area contributed by atoms with E-state index < -0.39 is 0 Å². The van der Waals surface area contributed by atoms with Gasteiger partial charge in [0.05, 0.1) is 31.5 Å². The summed E-state index contributed by atoms with van der Waals surface area (Å²) in [5, 5.41) is 12.2. The van der Waals surface area contributed by atoms with Crippen molar-refractivity contribution in [3.8, 4) is 0 Å². The molecule has 0 aromatic rings. The largest absolute Gasteiger partial charge is 0.395 e. The highest BCUT2D eigenvalue weighted by molar-refractivity contribution is 4.94. The predicted molar refractivity (Wildman–Crippen MR) is 59.9 cm³/mol. The molecule has 5 heteroatoms. The molecule has 1 aliphatic heterocycles. The predicted octanol–water partition coefficient (Wildman–Crippen LogP) is -0.422. The van der Waals surface area contributed by atoms with Crippen LogP contribution in [0.1, 0.15) is 26.2 Å². The van der Waals surface area contributed by atoms with E-state index in [2.05, 4.69) is 5.32 Å². The van der Waals surface area contributed by atoms with Crippen LogP contribution in [0.4, 0.5) is 0 Å². The highest BCUT2D eigenvalue weighted by Crippen LogP contribution is 2.36. The van der Waals surface area contributed by atoms with Gasteiger partial charge in [-0.1, -0.05) is 0 Å². The summed E-state index contributed by atoms with van der Waals surface area (Å²) in [6.07, 6.45) is 4.41. The van der Waals surface area contributed by atoms with E-state index in [1.165, 1.54) is 0 Å². The molecule has 94 valence electrons. The molecule has 4 N–H and O–H groups in total. The Labute approximate surface area is 96.3 Å². The number of ether oxygens (including phenoxy) is 2. The quantitative estimate of drug-likeness (QED) is 0.426. The molecule has 0 bridgehead atoms. The lowest BCUT2D eigenvalue weighted by Gasteiger charge is -2.25. The van der Waals surface area contributed by atoms with E-state index in [0.29, 0.717) is 24.9 Å². The lowest BCUT2D eigenvalue weighted by molar-refractivity contribution is 0.0161. The van der Waals surface area contributed by atoms with Crippen LogP contribution in [0.3, 0.4) is 0 Å². The van der Waals surface area contributed by atoms with Crippen molar-refractivity contribution < 1.29 is 14.6 Å². The van der Waals surface area contributed by atoms with Crippen molar-refractivity contribution in [2.75, 3.05) is 13.2 Å². The summed E-state index contributed by atoms with van der Waals surface area (Å²) in [6.45, 7) is 2.33. The first-order chi connectivity index (χ1) is 7.69. The summed E-state index contributed by atoms with van der Waals surface area (Å²) in [6, 6.07) is 0.204. The molecule has 2 aliphatic rings. The normalized spacial score (nSPS) is 36.6. The number of rotatable bonds is 6. The summed E-state index contributed by atoms with van der Waals surface area (Å²) in [4.78, 5) is 0. The monoisotopic (exact) mass is 230 g/mol. The van der Waals surface area contributed by atoms with Crippen molar-refractivity contribution >= 4 is 0 Å². The van der Waals surface area contributed by atoms with Crippen molar-refractivity contribution in [2.24, 2.45) is 5.73 Å². The molecule has 2 fully saturated rings. The maximum atomic E-state index is 8.77. The molecule has 1 saturated carbocycles. The molecular formula is C11H22N2O3. The van der Waals surface area contributed by atoms with E-state index >= 15 is 0 Å². The zero-order valence-corrected chi connectivity index (χ0v) is 9.76. The van der Waals surface area contributed by atoms with E-state index in [-0.39, 0.29) is 18.9 Å². The second-order valence-electron chi connectivity index (χ2n) is 4.81. The highest BCUT2D eigenvalue weighted by Gasteiger charge is 2.43. The molecule has 5 nitrogen and oxygen atoms in total. The first-order valence-corrected chi connectivity index (χ1v) is 6.08. The van der Waals surface area contributed by atoms with Gasteiger partial charge < -0.3 is 20.3 Å². The molecular weight excluding hydrogens is 208 g/mol. The molecule has 1 heterocycles. The van der Waals surface area contributed by atoms with Crippen LogP contribution < -0.4 is 11.1 Å². The van der Waals surface area contributed by atoms with Gasteiger partial charge in [0, 0.05) is 6.04 Å². The topological polar surface area (TPSA) is 80.0 Å². The fourth-order valence-electron chi connectivity index (χ4n) is 2.26. The van der Waals surface area contributed by atoms with Gasteiger partial charge in [-0.3, -0.25) is 5.32 Å². The summed E-state index contributed by atoms with van der Waals surface area (Å²) < 4.78 is 11.0. The average Bonchev–Trinajstić information content (AvgIpc) is 3.04. The van der Waals surface area contributed by atoms with E-state index in [9.17, 15) is 0 Å². The lowest BCUT2D eigenvalue weighted by atomic mass is 9.95. The first-order valence-electron chi connectivity index (χ1n) is 6.08. The Hall–Kier alpha value is -0.200. The summed E-state index contributed by atoms with van der Waals surface area (Å²) in [5.74, 6) is 0. The van der Waals surface area contributed by atoms with E-state index in [1.807, 2.05) is 6.92 Å². The lowest BCUT2D eigenvalue weighted by Crippen LogP contribution is -2.43. The molecule has 0 aromatic carbocycles. The number of aliphatic hydroxyl groups excluding tert-OH is 1. The minimum absolute atomic E-state index is 0.0158. The second-order valence-corrected chi connectivity index (χ2v) is 4.81. The minimum atomic E-state index is -0.285. The number of nitrogens with one attached hydrogen (secondary N) is 1. The average molecular weight is 230 g/mol. The van der Waals surface area contributed by atoms with Crippen molar-refractivity contribution in [1.29, 1.82) is 0 Å². The Morgan fingerprint density at radius 3 is 3.00 bits per heavy atom. The number of aliphatic hydroxyl groups is 1. The molecule has 1 aliphatic carbocycles. The number of hydrogen-bond acceptors (Lipinski definition) is 5. The zero-order valence-electron chi connectivity index (χ0n) is 9.76. The summed E-state index contributed by atoms with van der Waals surface area (Å²) in [7, 11) is 0. The number of epoxide rings is 1. The van der Waals surface area contributed by atoms with Crippen LogP contribution in [0, 0.1) is 0 Å². The minimum Gasteiger partial charge on any atom is -0.395 e. The molecule has 5 atom stereocenters. The van der Waals surface area contributed by atoms with Gasteiger partial charge in [-0.2, -0.15) is 0 Å². The fraction of sp³-hybridized carbons (Fsp3) is 1.00. The molecule has 16 heavy (non-hydrogen) atoms. The number of fused-ring (bicyclic) bond motifs is 1. The van der Waals surface area contributed by atoms with E-state index in [1.54, 1.807) is 0 Å². The van der Waals surface area contributed by atoms with Crippen LogP contribution in [-0.4, -0.2) is 48.8 Å². The van der Waals surface area contributed by atoms with Gasteiger partial charge in [0.15, 0.2) is 0 Å². The Kier molecular flexibility index (Phi) is 4.16. The second kappa shape index (κ2) is 5.42.